The van der Waals surface area contributed by atoms with Crippen LogP contribution in [0.5, 0.6) is 0 Å². The minimum atomic E-state index is -0.486. The van der Waals surface area contributed by atoms with Gasteiger partial charge >= 0.3 is 0 Å². The van der Waals surface area contributed by atoms with Crippen LogP contribution >= 0.6 is 0 Å². The molecule has 1 N–H and O–H groups in total. The summed E-state index contributed by atoms with van der Waals surface area (Å²) in [6.07, 6.45) is 1.54. The lowest BCUT2D eigenvalue weighted by molar-refractivity contribution is 0.489. The Balaban J connectivity index is 2.17. The van der Waals surface area contributed by atoms with Crippen LogP contribution in [-0.4, -0.2) is 0 Å². The lowest BCUT2D eigenvalue weighted by Gasteiger charge is -2.13. The van der Waals surface area contributed by atoms with Crippen molar-refractivity contribution in [1.29, 1.82) is 0 Å². The summed E-state index contributed by atoms with van der Waals surface area (Å²) in [5.41, 5.74) is 0.129. The monoisotopic (exact) mass is 223 g/mol. The van der Waals surface area contributed by atoms with Crippen LogP contribution in [0.1, 0.15) is 18.7 Å². The molecule has 0 radical (unpaired) electrons. The van der Waals surface area contributed by atoms with Gasteiger partial charge < -0.3 is 9.73 Å². The average molecular weight is 223 g/mol. The molecule has 0 saturated carbocycles. The van der Waals surface area contributed by atoms with Gasteiger partial charge in [-0.15, -0.1) is 0 Å². The molecular formula is C12H11F2NO. The predicted octanol–water partition coefficient (Wildman–Crippen LogP) is 3.73. The summed E-state index contributed by atoms with van der Waals surface area (Å²) in [5, 5.41) is 2.84. The number of hydrogen-bond acceptors (Lipinski definition) is 2. The second-order valence-electron chi connectivity index (χ2n) is 3.51. The van der Waals surface area contributed by atoms with Crippen LogP contribution in [0.3, 0.4) is 0 Å². The third kappa shape index (κ3) is 2.21. The smallest absolute Gasteiger partial charge is 0.146 e. The van der Waals surface area contributed by atoms with E-state index in [1.54, 1.807) is 12.1 Å². The van der Waals surface area contributed by atoms with E-state index in [1.807, 2.05) is 6.92 Å². The summed E-state index contributed by atoms with van der Waals surface area (Å²) in [4.78, 5) is 0. The predicted molar refractivity (Wildman–Crippen MR) is 57.1 cm³/mol. The van der Waals surface area contributed by atoms with Crippen LogP contribution in [-0.2, 0) is 0 Å². The standard InChI is InChI=1S/C12H11F2NO/c1-8(12-3-2-6-16-12)15-11-7-9(13)4-5-10(11)14/h2-8,15H,1H3. The SMILES string of the molecule is CC(Nc1cc(F)ccc1F)c1ccco1. The lowest BCUT2D eigenvalue weighted by Crippen LogP contribution is -2.07. The third-order valence-electron chi connectivity index (χ3n) is 2.27. The van der Waals surface area contributed by atoms with E-state index in [9.17, 15) is 8.78 Å². The fourth-order valence-corrected chi connectivity index (χ4v) is 1.45. The Kier molecular flexibility index (Phi) is 2.90. The van der Waals surface area contributed by atoms with Crippen molar-refractivity contribution in [3.05, 3.63) is 54.0 Å². The molecule has 0 bridgehead atoms. The Bertz CT molecular complexity index is 468. The van der Waals surface area contributed by atoms with Crippen molar-refractivity contribution >= 4 is 5.69 Å². The van der Waals surface area contributed by atoms with Crippen LogP contribution in [0.25, 0.3) is 0 Å². The summed E-state index contributed by atoms with van der Waals surface area (Å²) in [6.45, 7) is 1.81. The maximum Gasteiger partial charge on any atom is 0.146 e. The van der Waals surface area contributed by atoms with E-state index < -0.39 is 11.6 Å². The topological polar surface area (TPSA) is 25.2 Å². The van der Waals surface area contributed by atoms with E-state index in [2.05, 4.69) is 5.32 Å². The van der Waals surface area contributed by atoms with Gasteiger partial charge in [-0.3, -0.25) is 0 Å². The minimum absolute atomic E-state index is 0.129. The second kappa shape index (κ2) is 4.35. The Labute approximate surface area is 91.9 Å². The van der Waals surface area contributed by atoms with E-state index in [4.69, 9.17) is 4.42 Å². The molecule has 0 saturated heterocycles. The number of hydrogen-bond donors (Lipinski definition) is 1. The zero-order valence-corrected chi connectivity index (χ0v) is 8.71. The van der Waals surface area contributed by atoms with Gasteiger partial charge in [-0.25, -0.2) is 8.78 Å². The van der Waals surface area contributed by atoms with E-state index in [-0.39, 0.29) is 11.7 Å². The minimum Gasteiger partial charge on any atom is -0.467 e. The fourth-order valence-electron chi connectivity index (χ4n) is 1.45. The molecule has 0 aliphatic heterocycles. The molecule has 0 aliphatic carbocycles. The molecular weight excluding hydrogens is 212 g/mol. The second-order valence-corrected chi connectivity index (χ2v) is 3.51. The molecule has 1 unspecified atom stereocenters. The van der Waals surface area contributed by atoms with Crippen LogP contribution in [0, 0.1) is 11.6 Å². The van der Waals surface area contributed by atoms with Crippen molar-refractivity contribution < 1.29 is 13.2 Å². The molecule has 2 nitrogen and oxygen atoms in total. The number of halogens is 2. The Morgan fingerprint density at radius 1 is 1.25 bits per heavy atom. The highest BCUT2D eigenvalue weighted by Crippen LogP contribution is 2.22. The van der Waals surface area contributed by atoms with Gasteiger partial charge in [-0.05, 0) is 37.3 Å². The average Bonchev–Trinajstić information content (AvgIpc) is 2.76. The third-order valence-corrected chi connectivity index (χ3v) is 2.27. The van der Waals surface area contributed by atoms with Gasteiger partial charge in [0.1, 0.15) is 17.4 Å². The maximum absolute atomic E-state index is 13.3. The summed E-state index contributed by atoms with van der Waals surface area (Å²) in [7, 11) is 0. The first-order valence-corrected chi connectivity index (χ1v) is 4.92. The first kappa shape index (κ1) is 10.7. The van der Waals surface area contributed by atoms with Crippen molar-refractivity contribution in [2.24, 2.45) is 0 Å². The number of furan rings is 1. The first-order chi connectivity index (χ1) is 7.66. The van der Waals surface area contributed by atoms with Gasteiger partial charge in [0.05, 0.1) is 18.0 Å². The van der Waals surface area contributed by atoms with Crippen molar-refractivity contribution in [1.82, 2.24) is 0 Å². The molecule has 1 heterocycles. The van der Waals surface area contributed by atoms with E-state index in [0.717, 1.165) is 18.2 Å². The summed E-state index contributed by atoms with van der Waals surface area (Å²) in [6, 6.07) is 6.59. The van der Waals surface area contributed by atoms with Crippen LogP contribution in [0.4, 0.5) is 14.5 Å². The Morgan fingerprint density at radius 2 is 2.06 bits per heavy atom. The zero-order valence-electron chi connectivity index (χ0n) is 8.71. The van der Waals surface area contributed by atoms with Crippen LogP contribution in [0.15, 0.2) is 41.0 Å². The largest absolute Gasteiger partial charge is 0.467 e. The number of benzene rings is 1. The van der Waals surface area contributed by atoms with Crippen molar-refractivity contribution in [2.75, 3.05) is 5.32 Å². The zero-order chi connectivity index (χ0) is 11.5. The Morgan fingerprint density at radius 3 is 2.75 bits per heavy atom. The highest BCUT2D eigenvalue weighted by molar-refractivity contribution is 5.46. The molecule has 16 heavy (non-hydrogen) atoms. The molecule has 2 aromatic rings. The van der Waals surface area contributed by atoms with E-state index in [1.165, 1.54) is 6.26 Å². The van der Waals surface area contributed by atoms with E-state index >= 15 is 0 Å². The highest BCUT2D eigenvalue weighted by Gasteiger charge is 2.11. The molecule has 1 aromatic heterocycles. The molecule has 4 heteroatoms. The van der Waals surface area contributed by atoms with Gasteiger partial charge in [0.15, 0.2) is 0 Å². The van der Waals surface area contributed by atoms with Crippen molar-refractivity contribution in [3.8, 4) is 0 Å². The molecule has 0 fully saturated rings. The molecule has 1 atom stereocenters. The van der Waals surface area contributed by atoms with Gasteiger partial charge in [0, 0.05) is 0 Å². The highest BCUT2D eigenvalue weighted by atomic mass is 19.1. The molecule has 0 amide bonds. The lowest BCUT2D eigenvalue weighted by atomic mass is 10.2. The van der Waals surface area contributed by atoms with Crippen LogP contribution in [0.2, 0.25) is 0 Å². The van der Waals surface area contributed by atoms with Gasteiger partial charge in [0.2, 0.25) is 0 Å². The van der Waals surface area contributed by atoms with Crippen molar-refractivity contribution in [3.63, 3.8) is 0 Å². The number of rotatable bonds is 3. The Hall–Kier alpha value is -1.84. The quantitative estimate of drug-likeness (QED) is 0.857. The number of anilines is 1. The maximum atomic E-state index is 13.3. The fraction of sp³-hybridized carbons (Fsp3) is 0.167. The van der Waals surface area contributed by atoms with Gasteiger partial charge in [-0.1, -0.05) is 0 Å². The summed E-state index contributed by atoms with van der Waals surface area (Å²) in [5.74, 6) is -0.293. The van der Waals surface area contributed by atoms with Crippen LogP contribution < -0.4 is 5.32 Å². The first-order valence-electron chi connectivity index (χ1n) is 4.92. The normalized spacial score (nSPS) is 12.4. The molecule has 1 aromatic carbocycles. The van der Waals surface area contributed by atoms with Crippen molar-refractivity contribution in [2.45, 2.75) is 13.0 Å². The summed E-state index contributed by atoms with van der Waals surface area (Å²) < 4.78 is 31.4. The van der Waals surface area contributed by atoms with E-state index in [0.29, 0.717) is 5.76 Å². The molecule has 0 aliphatic rings. The number of nitrogens with one attached hydrogen (secondary N) is 1. The van der Waals surface area contributed by atoms with Gasteiger partial charge in [0.25, 0.3) is 0 Å². The van der Waals surface area contributed by atoms with Gasteiger partial charge in [-0.2, -0.15) is 0 Å². The molecule has 0 spiro atoms. The summed E-state index contributed by atoms with van der Waals surface area (Å²) >= 11 is 0. The molecule has 2 rings (SSSR count). The molecule has 84 valence electrons.